The second-order valence-electron chi connectivity index (χ2n) is 4.20. The summed E-state index contributed by atoms with van der Waals surface area (Å²) in [5.41, 5.74) is 1.38. The van der Waals surface area contributed by atoms with Crippen LogP contribution in [0.3, 0.4) is 0 Å². The van der Waals surface area contributed by atoms with Crippen molar-refractivity contribution in [2.75, 3.05) is 7.11 Å². The quantitative estimate of drug-likeness (QED) is 0.902. The van der Waals surface area contributed by atoms with Crippen LogP contribution in [0.4, 0.5) is 0 Å². The summed E-state index contributed by atoms with van der Waals surface area (Å²) in [6.07, 6.45) is 0. The van der Waals surface area contributed by atoms with Crippen molar-refractivity contribution < 1.29 is 14.6 Å². The Balaban J connectivity index is 2.03. The smallest absolute Gasteiger partial charge is 0.251 e. The van der Waals surface area contributed by atoms with E-state index in [2.05, 4.69) is 21.2 Å². The Morgan fingerprint density at radius 3 is 2.75 bits per heavy atom. The maximum absolute atomic E-state index is 12.0. The molecule has 0 aliphatic rings. The average molecular weight is 336 g/mol. The predicted octanol–water partition coefficient (Wildman–Crippen LogP) is 3.09. The molecule has 5 heteroatoms. The Bertz CT molecular complexity index is 628. The summed E-state index contributed by atoms with van der Waals surface area (Å²) >= 11 is 3.34. The molecule has 0 heterocycles. The zero-order chi connectivity index (χ0) is 14.5. The number of nitrogens with one attached hydrogen (secondary N) is 1. The molecule has 0 unspecified atom stereocenters. The normalized spacial score (nSPS) is 10.1. The van der Waals surface area contributed by atoms with Gasteiger partial charge in [-0.1, -0.05) is 12.1 Å². The first kappa shape index (κ1) is 14.4. The summed E-state index contributed by atoms with van der Waals surface area (Å²) in [5, 5.41) is 12.2. The molecule has 0 saturated carbocycles. The van der Waals surface area contributed by atoms with E-state index in [0.717, 1.165) is 10.0 Å². The number of hydrogen-bond donors (Lipinski definition) is 2. The number of carbonyl (C=O) groups excluding carboxylic acids is 1. The van der Waals surface area contributed by atoms with Gasteiger partial charge in [-0.25, -0.2) is 0 Å². The molecule has 20 heavy (non-hydrogen) atoms. The summed E-state index contributed by atoms with van der Waals surface area (Å²) in [6, 6.07) is 11.9. The van der Waals surface area contributed by atoms with Crippen LogP contribution >= 0.6 is 15.9 Å². The van der Waals surface area contributed by atoms with Gasteiger partial charge in [0, 0.05) is 12.1 Å². The van der Waals surface area contributed by atoms with E-state index in [9.17, 15) is 9.90 Å². The Morgan fingerprint density at radius 1 is 1.30 bits per heavy atom. The number of hydrogen-bond acceptors (Lipinski definition) is 3. The maximum atomic E-state index is 12.0. The van der Waals surface area contributed by atoms with Crippen LogP contribution in [0.1, 0.15) is 15.9 Å². The second kappa shape index (κ2) is 6.43. The highest BCUT2D eigenvalue weighted by molar-refractivity contribution is 9.10. The van der Waals surface area contributed by atoms with Crippen LogP contribution in [-0.2, 0) is 6.54 Å². The highest BCUT2D eigenvalue weighted by Crippen LogP contribution is 2.25. The lowest BCUT2D eigenvalue weighted by Crippen LogP contribution is -2.22. The summed E-state index contributed by atoms with van der Waals surface area (Å²) in [4.78, 5) is 12.0. The lowest BCUT2D eigenvalue weighted by atomic mass is 10.2. The van der Waals surface area contributed by atoms with Crippen LogP contribution in [0.5, 0.6) is 11.5 Å². The maximum Gasteiger partial charge on any atom is 0.251 e. The number of amides is 1. The number of aromatic hydroxyl groups is 1. The molecule has 2 aromatic rings. The van der Waals surface area contributed by atoms with Crippen LogP contribution < -0.4 is 10.1 Å². The van der Waals surface area contributed by atoms with E-state index in [-0.39, 0.29) is 11.7 Å². The molecule has 0 radical (unpaired) electrons. The fourth-order valence-electron chi connectivity index (χ4n) is 1.76. The third kappa shape index (κ3) is 3.51. The van der Waals surface area contributed by atoms with Gasteiger partial charge < -0.3 is 15.2 Å². The number of rotatable bonds is 4. The molecule has 2 aromatic carbocycles. The van der Waals surface area contributed by atoms with Crippen LogP contribution in [0.25, 0.3) is 0 Å². The number of phenolic OH excluding ortho intramolecular Hbond substituents is 1. The van der Waals surface area contributed by atoms with Gasteiger partial charge in [0.05, 0.1) is 11.6 Å². The SMILES string of the molecule is COc1ccc(C(=O)NCc2cccc(O)c2)cc1Br. The minimum absolute atomic E-state index is 0.184. The number of halogens is 1. The molecular weight excluding hydrogens is 322 g/mol. The molecule has 0 bridgehead atoms. The van der Waals surface area contributed by atoms with Crippen molar-refractivity contribution in [3.63, 3.8) is 0 Å². The lowest BCUT2D eigenvalue weighted by Gasteiger charge is -2.08. The first-order valence-corrected chi connectivity index (χ1v) is 6.79. The zero-order valence-corrected chi connectivity index (χ0v) is 12.5. The molecule has 0 aliphatic heterocycles. The number of ether oxygens (including phenoxy) is 1. The monoisotopic (exact) mass is 335 g/mol. The van der Waals surface area contributed by atoms with Gasteiger partial charge in [-0.3, -0.25) is 4.79 Å². The van der Waals surface area contributed by atoms with Gasteiger partial charge in [0.2, 0.25) is 0 Å². The van der Waals surface area contributed by atoms with Gasteiger partial charge in [0.25, 0.3) is 5.91 Å². The lowest BCUT2D eigenvalue weighted by molar-refractivity contribution is 0.0950. The van der Waals surface area contributed by atoms with Gasteiger partial charge >= 0.3 is 0 Å². The standard InChI is InChI=1S/C15H14BrNO3/c1-20-14-6-5-11(8-13(14)16)15(19)17-9-10-3-2-4-12(18)7-10/h2-8,18H,9H2,1H3,(H,17,19). The number of phenols is 1. The van der Waals surface area contributed by atoms with Gasteiger partial charge in [-0.05, 0) is 51.8 Å². The molecule has 0 aliphatic carbocycles. The van der Waals surface area contributed by atoms with E-state index < -0.39 is 0 Å². The van der Waals surface area contributed by atoms with Crippen LogP contribution in [0, 0.1) is 0 Å². The molecule has 4 nitrogen and oxygen atoms in total. The number of methoxy groups -OCH3 is 1. The molecule has 104 valence electrons. The van der Waals surface area contributed by atoms with Gasteiger partial charge in [0.15, 0.2) is 0 Å². The third-order valence-electron chi connectivity index (χ3n) is 2.78. The molecule has 1 amide bonds. The predicted molar refractivity (Wildman–Crippen MR) is 80.0 cm³/mol. The zero-order valence-electron chi connectivity index (χ0n) is 10.9. The van der Waals surface area contributed by atoms with E-state index in [1.54, 1.807) is 43.5 Å². The van der Waals surface area contributed by atoms with Crippen molar-refractivity contribution in [3.8, 4) is 11.5 Å². The minimum Gasteiger partial charge on any atom is -0.508 e. The molecule has 0 atom stereocenters. The first-order valence-electron chi connectivity index (χ1n) is 6.00. The number of benzene rings is 2. The van der Waals surface area contributed by atoms with Crippen LogP contribution in [0.15, 0.2) is 46.9 Å². The van der Waals surface area contributed by atoms with E-state index in [1.807, 2.05) is 6.07 Å². The van der Waals surface area contributed by atoms with Crippen molar-refractivity contribution in [2.45, 2.75) is 6.54 Å². The molecule has 0 spiro atoms. The van der Waals surface area contributed by atoms with Gasteiger partial charge in [-0.15, -0.1) is 0 Å². The molecular formula is C15H14BrNO3. The average Bonchev–Trinajstić information content (AvgIpc) is 2.44. The van der Waals surface area contributed by atoms with Crippen molar-refractivity contribution in [1.29, 1.82) is 0 Å². The fourth-order valence-corrected chi connectivity index (χ4v) is 2.30. The Hall–Kier alpha value is -2.01. The number of carbonyl (C=O) groups is 1. The second-order valence-corrected chi connectivity index (χ2v) is 5.06. The van der Waals surface area contributed by atoms with Crippen LogP contribution in [-0.4, -0.2) is 18.1 Å². The van der Waals surface area contributed by atoms with E-state index in [4.69, 9.17) is 4.74 Å². The summed E-state index contributed by atoms with van der Waals surface area (Å²) in [6.45, 7) is 0.358. The minimum atomic E-state index is -0.184. The highest BCUT2D eigenvalue weighted by Gasteiger charge is 2.08. The van der Waals surface area contributed by atoms with Crippen LogP contribution in [0.2, 0.25) is 0 Å². The molecule has 0 aromatic heterocycles. The molecule has 2 rings (SSSR count). The van der Waals surface area contributed by atoms with E-state index in [1.165, 1.54) is 0 Å². The Labute approximate surface area is 125 Å². The van der Waals surface area contributed by atoms with E-state index in [0.29, 0.717) is 17.9 Å². The van der Waals surface area contributed by atoms with Crippen molar-refractivity contribution >= 4 is 21.8 Å². The topological polar surface area (TPSA) is 58.6 Å². The summed E-state index contributed by atoms with van der Waals surface area (Å²) in [7, 11) is 1.57. The molecule has 0 fully saturated rings. The van der Waals surface area contributed by atoms with Crippen molar-refractivity contribution in [2.24, 2.45) is 0 Å². The first-order chi connectivity index (χ1) is 9.60. The summed E-state index contributed by atoms with van der Waals surface area (Å²) in [5.74, 6) is 0.676. The fraction of sp³-hybridized carbons (Fsp3) is 0.133. The Morgan fingerprint density at radius 2 is 2.10 bits per heavy atom. The summed E-state index contributed by atoms with van der Waals surface area (Å²) < 4.78 is 5.84. The van der Waals surface area contributed by atoms with E-state index >= 15 is 0 Å². The van der Waals surface area contributed by atoms with Crippen molar-refractivity contribution in [1.82, 2.24) is 5.32 Å². The third-order valence-corrected chi connectivity index (χ3v) is 3.40. The highest BCUT2D eigenvalue weighted by atomic mass is 79.9. The molecule has 2 N–H and O–H groups in total. The van der Waals surface area contributed by atoms with Crippen molar-refractivity contribution in [3.05, 3.63) is 58.1 Å². The van der Waals surface area contributed by atoms with Gasteiger partial charge in [0.1, 0.15) is 11.5 Å². The molecule has 0 saturated heterocycles. The Kier molecular flexibility index (Phi) is 4.63. The van der Waals surface area contributed by atoms with Gasteiger partial charge in [-0.2, -0.15) is 0 Å². The largest absolute Gasteiger partial charge is 0.508 e.